The van der Waals surface area contributed by atoms with Gasteiger partial charge in [0.2, 0.25) is 0 Å². The van der Waals surface area contributed by atoms with Gasteiger partial charge in [0.1, 0.15) is 17.3 Å². The minimum atomic E-state index is -0.537. The molecule has 1 aliphatic rings. The van der Waals surface area contributed by atoms with Gasteiger partial charge >= 0.3 is 0 Å². The Bertz CT molecular complexity index is 1220. The summed E-state index contributed by atoms with van der Waals surface area (Å²) in [7, 11) is 0. The smallest absolute Gasteiger partial charge is 0.282 e. The van der Waals surface area contributed by atoms with Crippen LogP contribution in [0.25, 0.3) is 5.57 Å². The fourth-order valence-electron chi connectivity index (χ4n) is 3.49. The van der Waals surface area contributed by atoms with Crippen LogP contribution < -0.4 is 15.0 Å². The zero-order chi connectivity index (χ0) is 22.8. The van der Waals surface area contributed by atoms with Crippen molar-refractivity contribution in [2.75, 3.05) is 16.8 Å². The van der Waals surface area contributed by atoms with Crippen molar-refractivity contribution in [3.05, 3.63) is 94.4 Å². The molecule has 1 N–H and O–H groups in total. The van der Waals surface area contributed by atoms with Gasteiger partial charge in [-0.25, -0.2) is 9.29 Å². The van der Waals surface area contributed by atoms with Gasteiger partial charge in [0.25, 0.3) is 11.8 Å². The fraction of sp³-hybridized carbons (Fsp3) is 0.120. The van der Waals surface area contributed by atoms with Crippen molar-refractivity contribution < 1.29 is 18.7 Å². The summed E-state index contributed by atoms with van der Waals surface area (Å²) in [6.45, 7) is 4.26. The van der Waals surface area contributed by atoms with Gasteiger partial charge in [-0.1, -0.05) is 29.8 Å². The summed E-state index contributed by atoms with van der Waals surface area (Å²) in [5.74, 6) is -0.845. The predicted molar refractivity (Wildman–Crippen MR) is 123 cm³/mol. The Morgan fingerprint density at radius 1 is 0.969 bits per heavy atom. The monoisotopic (exact) mass is 450 g/mol. The Morgan fingerprint density at radius 2 is 1.66 bits per heavy atom. The van der Waals surface area contributed by atoms with E-state index in [0.29, 0.717) is 28.6 Å². The summed E-state index contributed by atoms with van der Waals surface area (Å²) in [6, 6.07) is 17.4. The SMILES string of the molecule is CCOc1ccc(C2=C(Nc3cc(Cl)ccc3C)C(=O)N(c3ccc(F)cc3)C2=O)cc1. The number of hydrogen-bond donors (Lipinski definition) is 1. The van der Waals surface area contributed by atoms with Crippen molar-refractivity contribution >= 4 is 40.4 Å². The summed E-state index contributed by atoms with van der Waals surface area (Å²) < 4.78 is 18.9. The van der Waals surface area contributed by atoms with E-state index in [4.69, 9.17) is 16.3 Å². The molecular formula is C25H20ClFN2O3. The normalized spacial score (nSPS) is 13.7. The number of hydrogen-bond acceptors (Lipinski definition) is 4. The first-order valence-corrected chi connectivity index (χ1v) is 10.4. The number of imide groups is 1. The maximum atomic E-state index is 13.4. The molecule has 0 saturated heterocycles. The molecule has 32 heavy (non-hydrogen) atoms. The minimum Gasteiger partial charge on any atom is -0.494 e. The molecular weight excluding hydrogens is 431 g/mol. The van der Waals surface area contributed by atoms with Crippen molar-refractivity contribution in [3.63, 3.8) is 0 Å². The van der Waals surface area contributed by atoms with Crippen LogP contribution in [0.5, 0.6) is 5.75 Å². The number of nitrogens with zero attached hydrogens (tertiary/aromatic N) is 1. The highest BCUT2D eigenvalue weighted by Crippen LogP contribution is 2.35. The number of carbonyl (C=O) groups is 2. The summed E-state index contributed by atoms with van der Waals surface area (Å²) in [5.41, 5.74) is 2.63. The zero-order valence-corrected chi connectivity index (χ0v) is 18.2. The van der Waals surface area contributed by atoms with E-state index in [2.05, 4.69) is 5.32 Å². The molecule has 1 aliphatic heterocycles. The lowest BCUT2D eigenvalue weighted by Crippen LogP contribution is -2.32. The van der Waals surface area contributed by atoms with E-state index in [0.717, 1.165) is 10.5 Å². The molecule has 0 radical (unpaired) electrons. The van der Waals surface area contributed by atoms with Gasteiger partial charge in [-0.2, -0.15) is 0 Å². The van der Waals surface area contributed by atoms with Gasteiger partial charge in [0, 0.05) is 10.7 Å². The predicted octanol–water partition coefficient (Wildman–Crippen LogP) is 5.58. The lowest BCUT2D eigenvalue weighted by molar-refractivity contribution is -0.120. The maximum Gasteiger partial charge on any atom is 0.282 e. The lowest BCUT2D eigenvalue weighted by atomic mass is 10.0. The zero-order valence-electron chi connectivity index (χ0n) is 17.5. The molecule has 0 saturated carbocycles. The Balaban J connectivity index is 1.81. The third-order valence-electron chi connectivity index (χ3n) is 5.08. The van der Waals surface area contributed by atoms with Crippen LogP contribution in [-0.4, -0.2) is 18.4 Å². The van der Waals surface area contributed by atoms with E-state index in [9.17, 15) is 14.0 Å². The van der Waals surface area contributed by atoms with Crippen LogP contribution >= 0.6 is 11.6 Å². The van der Waals surface area contributed by atoms with Crippen LogP contribution in [0.1, 0.15) is 18.1 Å². The number of rotatable bonds is 6. The highest BCUT2D eigenvalue weighted by atomic mass is 35.5. The Labute approximate surface area is 190 Å². The summed E-state index contributed by atoms with van der Waals surface area (Å²) in [5, 5.41) is 3.60. The quantitative estimate of drug-likeness (QED) is 0.498. The van der Waals surface area contributed by atoms with Gasteiger partial charge in [-0.15, -0.1) is 0 Å². The number of nitrogens with one attached hydrogen (secondary N) is 1. The Morgan fingerprint density at radius 3 is 2.31 bits per heavy atom. The molecule has 4 rings (SSSR count). The number of benzene rings is 3. The van der Waals surface area contributed by atoms with E-state index >= 15 is 0 Å². The number of anilines is 2. The first kappa shape index (κ1) is 21.6. The van der Waals surface area contributed by atoms with Gasteiger partial charge in [0.15, 0.2) is 0 Å². The second kappa shape index (κ2) is 8.85. The van der Waals surface area contributed by atoms with Crippen molar-refractivity contribution in [3.8, 4) is 5.75 Å². The van der Waals surface area contributed by atoms with Gasteiger partial charge < -0.3 is 10.1 Å². The number of ether oxygens (including phenoxy) is 1. The number of aryl methyl sites for hydroxylation is 1. The van der Waals surface area contributed by atoms with E-state index in [1.165, 1.54) is 24.3 Å². The molecule has 5 nitrogen and oxygen atoms in total. The molecule has 0 bridgehead atoms. The van der Waals surface area contributed by atoms with Crippen LogP contribution in [-0.2, 0) is 9.59 Å². The molecule has 0 aromatic heterocycles. The molecule has 3 aromatic rings. The molecule has 162 valence electrons. The van der Waals surface area contributed by atoms with Crippen LogP contribution in [0.15, 0.2) is 72.4 Å². The van der Waals surface area contributed by atoms with Crippen LogP contribution in [0.3, 0.4) is 0 Å². The molecule has 0 atom stereocenters. The first-order valence-electron chi connectivity index (χ1n) is 10.0. The molecule has 3 aromatic carbocycles. The number of amides is 2. The third kappa shape index (κ3) is 4.09. The largest absolute Gasteiger partial charge is 0.494 e. The third-order valence-corrected chi connectivity index (χ3v) is 5.32. The fourth-order valence-corrected chi connectivity index (χ4v) is 3.66. The number of carbonyl (C=O) groups excluding carboxylic acids is 2. The average Bonchev–Trinajstić information content (AvgIpc) is 3.02. The van der Waals surface area contributed by atoms with Crippen molar-refractivity contribution in [1.82, 2.24) is 0 Å². The van der Waals surface area contributed by atoms with E-state index < -0.39 is 17.6 Å². The van der Waals surface area contributed by atoms with E-state index in [-0.39, 0.29) is 17.0 Å². The highest BCUT2D eigenvalue weighted by Gasteiger charge is 2.40. The second-order valence-corrected chi connectivity index (χ2v) is 7.65. The molecule has 2 amide bonds. The lowest BCUT2D eigenvalue weighted by Gasteiger charge is -2.15. The summed E-state index contributed by atoms with van der Waals surface area (Å²) >= 11 is 6.14. The topological polar surface area (TPSA) is 58.6 Å². The van der Waals surface area contributed by atoms with E-state index in [1.807, 2.05) is 19.9 Å². The summed E-state index contributed by atoms with van der Waals surface area (Å²) in [6.07, 6.45) is 0. The summed E-state index contributed by atoms with van der Waals surface area (Å²) in [4.78, 5) is 27.8. The Hall–Kier alpha value is -3.64. The first-order chi connectivity index (χ1) is 15.4. The van der Waals surface area contributed by atoms with E-state index in [1.54, 1.807) is 36.4 Å². The van der Waals surface area contributed by atoms with Crippen molar-refractivity contribution in [2.24, 2.45) is 0 Å². The molecule has 1 heterocycles. The molecule has 7 heteroatoms. The minimum absolute atomic E-state index is 0.119. The molecule has 0 fully saturated rings. The number of halogens is 2. The van der Waals surface area contributed by atoms with Crippen LogP contribution in [0.4, 0.5) is 15.8 Å². The van der Waals surface area contributed by atoms with Gasteiger partial charge in [0.05, 0.1) is 17.9 Å². The van der Waals surface area contributed by atoms with Gasteiger partial charge in [-0.3, -0.25) is 9.59 Å². The van der Waals surface area contributed by atoms with Crippen molar-refractivity contribution in [2.45, 2.75) is 13.8 Å². The van der Waals surface area contributed by atoms with Crippen molar-refractivity contribution in [1.29, 1.82) is 0 Å². The Kier molecular flexibility index (Phi) is 5.97. The average molecular weight is 451 g/mol. The molecule has 0 spiro atoms. The molecule has 0 aliphatic carbocycles. The maximum absolute atomic E-state index is 13.4. The molecule has 0 unspecified atom stereocenters. The van der Waals surface area contributed by atoms with Gasteiger partial charge in [-0.05, 0) is 73.5 Å². The second-order valence-electron chi connectivity index (χ2n) is 7.21. The van der Waals surface area contributed by atoms with Crippen LogP contribution in [0, 0.1) is 12.7 Å². The highest BCUT2D eigenvalue weighted by molar-refractivity contribution is 6.46. The van der Waals surface area contributed by atoms with Crippen LogP contribution in [0.2, 0.25) is 5.02 Å². The standard InChI is InChI=1S/C25H20ClFN2O3/c1-3-32-20-12-5-16(6-13-20)22-23(28-21-14-17(26)7-4-15(21)2)25(31)29(24(22)30)19-10-8-18(27)9-11-19/h4-14,28H,3H2,1-2H3.